The van der Waals surface area contributed by atoms with Crippen molar-refractivity contribution in [2.45, 2.75) is 44.4 Å². The number of benzene rings is 2. The molecule has 0 radical (unpaired) electrons. The van der Waals surface area contributed by atoms with Gasteiger partial charge in [0, 0.05) is 18.0 Å². The first-order valence-corrected chi connectivity index (χ1v) is 9.81. The Hall–Kier alpha value is -3.17. The first-order chi connectivity index (χ1) is 14.6. The van der Waals surface area contributed by atoms with Crippen LogP contribution in [0.2, 0.25) is 0 Å². The molecule has 0 aliphatic heterocycles. The predicted molar refractivity (Wildman–Crippen MR) is 112 cm³/mol. The molecule has 9 heteroatoms. The molecule has 2 atom stereocenters. The van der Waals surface area contributed by atoms with Crippen LogP contribution in [-0.4, -0.2) is 64.1 Å². The monoisotopic (exact) mass is 433 g/mol. The summed E-state index contributed by atoms with van der Waals surface area (Å²) in [6.07, 6.45) is -2.92. The average molecular weight is 433 g/mol. The van der Waals surface area contributed by atoms with Crippen molar-refractivity contribution in [3.05, 3.63) is 42.5 Å². The molecule has 0 spiro atoms. The number of carboxylic acid groups (broad SMARTS) is 2. The molecule has 2 aromatic rings. The van der Waals surface area contributed by atoms with Gasteiger partial charge in [-0.25, -0.2) is 4.79 Å². The summed E-state index contributed by atoms with van der Waals surface area (Å²) in [5, 5.41) is 33.0. The topological polar surface area (TPSA) is 142 Å². The normalized spacial score (nSPS) is 14.1. The number of carboxylic acids is 2. The van der Waals surface area contributed by atoms with Crippen LogP contribution < -0.4 is 10.1 Å². The summed E-state index contributed by atoms with van der Waals surface area (Å²) in [5.41, 5.74) is -2.75. The van der Waals surface area contributed by atoms with Gasteiger partial charge in [-0.05, 0) is 11.5 Å². The molecule has 168 valence electrons. The predicted octanol–water partition coefficient (Wildman–Crippen LogP) is 1.81. The van der Waals surface area contributed by atoms with Crippen LogP contribution in [0.15, 0.2) is 42.5 Å². The number of fused-ring (bicyclic) bond motifs is 1. The van der Waals surface area contributed by atoms with Gasteiger partial charge in [0.2, 0.25) is 0 Å². The standard InChI is InChI=1S/C22H27NO8/c1-14(2)23-12-16(31-20(26)11-22(29,21(27)28)10-19(24)25)13-30-18-9-5-7-15-6-3-4-8-17(15)18/h3-9,14,16,23,29H,10-13H2,1-2H3,(H,24,25)(H,27,28). The fourth-order valence-electron chi connectivity index (χ4n) is 2.94. The number of nitrogens with one attached hydrogen (secondary N) is 1. The quantitative estimate of drug-likeness (QED) is 0.369. The molecule has 0 aliphatic carbocycles. The molecule has 0 heterocycles. The average Bonchev–Trinajstić information content (AvgIpc) is 2.69. The number of aliphatic carboxylic acids is 2. The summed E-state index contributed by atoms with van der Waals surface area (Å²) in [5.74, 6) is -3.80. The van der Waals surface area contributed by atoms with Gasteiger partial charge >= 0.3 is 17.9 Å². The van der Waals surface area contributed by atoms with E-state index in [4.69, 9.17) is 19.7 Å². The highest BCUT2D eigenvalue weighted by atomic mass is 16.6. The second-order valence-corrected chi connectivity index (χ2v) is 7.55. The Morgan fingerprint density at radius 3 is 2.35 bits per heavy atom. The van der Waals surface area contributed by atoms with E-state index in [-0.39, 0.29) is 19.2 Å². The van der Waals surface area contributed by atoms with Crippen molar-refractivity contribution in [1.29, 1.82) is 0 Å². The zero-order valence-corrected chi connectivity index (χ0v) is 17.4. The Balaban J connectivity index is 2.09. The Kier molecular flexibility index (Phi) is 8.35. The van der Waals surface area contributed by atoms with Crippen molar-refractivity contribution in [2.24, 2.45) is 0 Å². The highest BCUT2D eigenvalue weighted by Crippen LogP contribution is 2.25. The third kappa shape index (κ3) is 7.23. The van der Waals surface area contributed by atoms with E-state index in [0.29, 0.717) is 5.75 Å². The highest BCUT2D eigenvalue weighted by Gasteiger charge is 2.41. The van der Waals surface area contributed by atoms with Crippen LogP contribution in [0.4, 0.5) is 0 Å². The van der Waals surface area contributed by atoms with E-state index in [1.54, 1.807) is 6.07 Å². The highest BCUT2D eigenvalue weighted by molar-refractivity contribution is 5.89. The molecule has 2 rings (SSSR count). The van der Waals surface area contributed by atoms with E-state index in [0.717, 1.165) is 10.8 Å². The van der Waals surface area contributed by atoms with Crippen LogP contribution in [0.25, 0.3) is 10.8 Å². The van der Waals surface area contributed by atoms with Gasteiger partial charge in [0.05, 0.1) is 12.8 Å². The Bertz CT molecular complexity index is 923. The molecule has 2 aromatic carbocycles. The van der Waals surface area contributed by atoms with Gasteiger partial charge in [0.1, 0.15) is 18.5 Å². The third-order valence-corrected chi connectivity index (χ3v) is 4.50. The lowest BCUT2D eigenvalue weighted by Gasteiger charge is -2.24. The number of hydrogen-bond acceptors (Lipinski definition) is 7. The molecule has 0 saturated carbocycles. The summed E-state index contributed by atoms with van der Waals surface area (Å²) < 4.78 is 11.2. The molecule has 0 aromatic heterocycles. The van der Waals surface area contributed by atoms with Crippen LogP contribution in [0.3, 0.4) is 0 Å². The molecule has 9 nitrogen and oxygen atoms in total. The van der Waals surface area contributed by atoms with E-state index in [1.165, 1.54) is 0 Å². The van der Waals surface area contributed by atoms with E-state index in [9.17, 15) is 19.5 Å². The second-order valence-electron chi connectivity index (χ2n) is 7.55. The maximum absolute atomic E-state index is 12.3. The van der Waals surface area contributed by atoms with Crippen LogP contribution in [0.1, 0.15) is 26.7 Å². The zero-order valence-electron chi connectivity index (χ0n) is 17.4. The molecule has 0 aliphatic rings. The summed E-state index contributed by atoms with van der Waals surface area (Å²) >= 11 is 0. The number of aliphatic hydroxyl groups is 1. The largest absolute Gasteiger partial charge is 0.489 e. The van der Waals surface area contributed by atoms with Crippen molar-refractivity contribution >= 4 is 28.7 Å². The van der Waals surface area contributed by atoms with Gasteiger partial charge < -0.3 is 30.1 Å². The minimum Gasteiger partial charge on any atom is -0.489 e. The smallest absolute Gasteiger partial charge is 0.336 e. The van der Waals surface area contributed by atoms with Crippen molar-refractivity contribution in [1.82, 2.24) is 5.32 Å². The number of carbonyl (C=O) groups is 3. The summed E-state index contributed by atoms with van der Waals surface area (Å²) in [6.45, 7) is 4.00. The maximum Gasteiger partial charge on any atom is 0.336 e. The van der Waals surface area contributed by atoms with E-state index in [1.807, 2.05) is 50.2 Å². The fraction of sp³-hybridized carbons (Fsp3) is 0.409. The lowest BCUT2D eigenvalue weighted by atomic mass is 9.96. The third-order valence-electron chi connectivity index (χ3n) is 4.50. The minimum absolute atomic E-state index is 0.0239. The van der Waals surface area contributed by atoms with Gasteiger partial charge in [0.15, 0.2) is 5.60 Å². The first kappa shape index (κ1) is 24.1. The summed E-state index contributed by atoms with van der Waals surface area (Å²) in [7, 11) is 0. The summed E-state index contributed by atoms with van der Waals surface area (Å²) in [4.78, 5) is 34.4. The van der Waals surface area contributed by atoms with Crippen LogP contribution >= 0.6 is 0 Å². The number of esters is 1. The van der Waals surface area contributed by atoms with Gasteiger partial charge in [0.25, 0.3) is 0 Å². The van der Waals surface area contributed by atoms with Crippen LogP contribution in [0, 0.1) is 0 Å². The fourth-order valence-corrected chi connectivity index (χ4v) is 2.94. The number of hydrogen-bond donors (Lipinski definition) is 4. The second kappa shape index (κ2) is 10.7. The van der Waals surface area contributed by atoms with Gasteiger partial charge in [-0.15, -0.1) is 0 Å². The van der Waals surface area contributed by atoms with Gasteiger partial charge in [-0.3, -0.25) is 9.59 Å². The Morgan fingerprint density at radius 2 is 1.71 bits per heavy atom. The van der Waals surface area contributed by atoms with E-state index >= 15 is 0 Å². The van der Waals surface area contributed by atoms with Gasteiger partial charge in [-0.1, -0.05) is 50.2 Å². The SMILES string of the molecule is CC(C)NCC(COc1cccc2ccccc12)OC(=O)CC(O)(CC(=O)O)C(=O)O. The number of carbonyl (C=O) groups excluding carboxylic acids is 1. The number of rotatable bonds is 12. The van der Waals surface area contributed by atoms with Crippen molar-refractivity contribution in [3.63, 3.8) is 0 Å². The van der Waals surface area contributed by atoms with Crippen molar-refractivity contribution < 1.29 is 39.2 Å². The molecular weight excluding hydrogens is 406 g/mol. The molecule has 2 unspecified atom stereocenters. The molecular formula is C22H27NO8. The summed E-state index contributed by atoms with van der Waals surface area (Å²) in [6, 6.07) is 13.3. The molecule has 0 bridgehead atoms. The molecule has 4 N–H and O–H groups in total. The van der Waals surface area contributed by atoms with Crippen LogP contribution in [0.5, 0.6) is 5.75 Å². The maximum atomic E-state index is 12.3. The molecule has 0 fully saturated rings. The Labute approximate surface area is 179 Å². The van der Waals surface area contributed by atoms with Gasteiger partial charge in [-0.2, -0.15) is 0 Å². The minimum atomic E-state index is -2.75. The Morgan fingerprint density at radius 1 is 1.03 bits per heavy atom. The molecule has 0 saturated heterocycles. The van der Waals surface area contributed by atoms with E-state index in [2.05, 4.69) is 5.32 Å². The van der Waals surface area contributed by atoms with Crippen LogP contribution in [-0.2, 0) is 19.1 Å². The van der Waals surface area contributed by atoms with E-state index < -0.39 is 42.5 Å². The molecule has 31 heavy (non-hydrogen) atoms. The lowest BCUT2D eigenvalue weighted by molar-refractivity contribution is -0.174. The number of ether oxygens (including phenoxy) is 2. The molecule has 0 amide bonds. The first-order valence-electron chi connectivity index (χ1n) is 9.81. The van der Waals surface area contributed by atoms with Crippen molar-refractivity contribution in [3.8, 4) is 5.75 Å². The van der Waals surface area contributed by atoms with Crippen molar-refractivity contribution in [2.75, 3.05) is 13.2 Å². The lowest BCUT2D eigenvalue weighted by Crippen LogP contribution is -2.45. The zero-order chi connectivity index (χ0) is 23.0.